The molecule has 0 radical (unpaired) electrons. The third kappa shape index (κ3) is 4.72. The van der Waals surface area contributed by atoms with Gasteiger partial charge >= 0.3 is 5.97 Å². The fraction of sp³-hybridized carbons (Fsp3) is 0.435. The van der Waals surface area contributed by atoms with Crippen molar-refractivity contribution >= 4 is 40.4 Å². The molecule has 3 aromatic rings. The molecule has 180 valence electrons. The number of thiazole rings is 1. The highest BCUT2D eigenvalue weighted by Crippen LogP contribution is 2.30. The minimum absolute atomic E-state index is 0.00867. The fourth-order valence-electron chi connectivity index (χ4n) is 4.12. The van der Waals surface area contributed by atoms with E-state index in [1.807, 2.05) is 31.1 Å². The molecule has 11 heteroatoms. The lowest BCUT2D eigenvalue weighted by molar-refractivity contribution is -0.153. The third-order valence-electron chi connectivity index (χ3n) is 5.47. The van der Waals surface area contributed by atoms with Gasteiger partial charge in [-0.1, -0.05) is 0 Å². The summed E-state index contributed by atoms with van der Waals surface area (Å²) in [6.07, 6.45) is 3.55. The summed E-state index contributed by atoms with van der Waals surface area (Å²) >= 11 is 1.37. The van der Waals surface area contributed by atoms with Crippen LogP contribution in [0.2, 0.25) is 0 Å². The first-order chi connectivity index (χ1) is 16.2. The van der Waals surface area contributed by atoms with E-state index in [2.05, 4.69) is 15.3 Å². The van der Waals surface area contributed by atoms with Crippen LogP contribution in [-0.4, -0.2) is 71.3 Å². The number of hydrogen-bond donors (Lipinski definition) is 1. The molecule has 1 saturated heterocycles. The summed E-state index contributed by atoms with van der Waals surface area (Å²) in [5.41, 5.74) is -0.525. The Labute approximate surface area is 200 Å². The van der Waals surface area contributed by atoms with Crippen molar-refractivity contribution in [3.63, 3.8) is 0 Å². The van der Waals surface area contributed by atoms with Gasteiger partial charge in [-0.15, -0.1) is 11.3 Å². The molecule has 1 aliphatic rings. The Balaban J connectivity index is 1.73. The second-order valence-corrected chi connectivity index (χ2v) is 9.83. The van der Waals surface area contributed by atoms with Crippen molar-refractivity contribution in [1.82, 2.24) is 19.9 Å². The molecule has 3 aromatic heterocycles. The lowest BCUT2D eigenvalue weighted by Crippen LogP contribution is -2.44. The minimum atomic E-state index is -0.581. The van der Waals surface area contributed by atoms with Crippen LogP contribution in [0.1, 0.15) is 31.1 Å². The van der Waals surface area contributed by atoms with Crippen LogP contribution < -0.4 is 15.6 Å². The van der Waals surface area contributed by atoms with E-state index >= 15 is 0 Å². The number of methoxy groups -OCH3 is 1. The Morgan fingerprint density at radius 1 is 1.29 bits per heavy atom. The molecule has 4 rings (SSSR count). The first-order valence-electron chi connectivity index (χ1n) is 10.8. The van der Waals surface area contributed by atoms with Gasteiger partial charge in [0, 0.05) is 38.0 Å². The number of carbonyl (C=O) groups excluding carboxylic acids is 2. The monoisotopic (exact) mass is 485 g/mol. The van der Waals surface area contributed by atoms with E-state index in [4.69, 9.17) is 9.47 Å². The highest BCUT2D eigenvalue weighted by atomic mass is 32.1. The van der Waals surface area contributed by atoms with Gasteiger partial charge in [-0.3, -0.25) is 24.3 Å². The second-order valence-electron chi connectivity index (χ2n) is 8.96. The smallest absolute Gasteiger partial charge is 0.320 e. The second kappa shape index (κ2) is 9.61. The summed E-state index contributed by atoms with van der Waals surface area (Å²) in [5, 5.41) is 5.94. The summed E-state index contributed by atoms with van der Waals surface area (Å²) in [7, 11) is 1.59. The summed E-state index contributed by atoms with van der Waals surface area (Å²) < 4.78 is 12.8. The molecule has 0 unspecified atom stereocenters. The SMILES string of the molecule is CO[C@H]1CN(c2c(C=O)c(=O)c3cccnc3n2-c2nccs2)C[C@@H]1NCC(=O)OC(C)(C)C. The van der Waals surface area contributed by atoms with Gasteiger partial charge in [-0.05, 0) is 32.9 Å². The molecule has 0 aliphatic carbocycles. The van der Waals surface area contributed by atoms with E-state index in [0.29, 0.717) is 41.4 Å². The number of aromatic nitrogens is 3. The van der Waals surface area contributed by atoms with E-state index in [9.17, 15) is 14.4 Å². The number of carbonyl (C=O) groups is 2. The molecule has 0 bridgehead atoms. The van der Waals surface area contributed by atoms with E-state index in [0.717, 1.165) is 0 Å². The number of ether oxygens (including phenoxy) is 2. The molecular weight excluding hydrogens is 458 g/mol. The van der Waals surface area contributed by atoms with Gasteiger partial charge in [0.15, 0.2) is 17.1 Å². The molecule has 2 atom stereocenters. The van der Waals surface area contributed by atoms with Crippen LogP contribution in [-0.2, 0) is 14.3 Å². The Hall–Kier alpha value is -3.15. The highest BCUT2D eigenvalue weighted by molar-refractivity contribution is 7.12. The number of hydrogen-bond acceptors (Lipinski definition) is 10. The lowest BCUT2D eigenvalue weighted by Gasteiger charge is -2.25. The van der Waals surface area contributed by atoms with Crippen LogP contribution in [0.15, 0.2) is 34.7 Å². The number of aldehydes is 1. The van der Waals surface area contributed by atoms with E-state index < -0.39 is 5.60 Å². The molecule has 0 aromatic carbocycles. The summed E-state index contributed by atoms with van der Waals surface area (Å²) in [5.74, 6) is 0.0359. The van der Waals surface area contributed by atoms with Crippen LogP contribution in [0.25, 0.3) is 16.2 Å². The van der Waals surface area contributed by atoms with Gasteiger partial charge in [0.25, 0.3) is 0 Å². The first kappa shape index (κ1) is 24.0. The van der Waals surface area contributed by atoms with Gasteiger partial charge in [0.1, 0.15) is 17.0 Å². The number of nitrogens with one attached hydrogen (secondary N) is 1. The molecule has 4 heterocycles. The van der Waals surface area contributed by atoms with Gasteiger partial charge in [0.2, 0.25) is 5.43 Å². The topological polar surface area (TPSA) is 116 Å². The van der Waals surface area contributed by atoms with Crippen molar-refractivity contribution in [2.45, 2.75) is 38.5 Å². The van der Waals surface area contributed by atoms with Crippen LogP contribution in [0.4, 0.5) is 5.82 Å². The quantitative estimate of drug-likeness (QED) is 0.395. The molecule has 10 nitrogen and oxygen atoms in total. The van der Waals surface area contributed by atoms with Gasteiger partial charge < -0.3 is 14.4 Å². The maximum atomic E-state index is 13.2. The van der Waals surface area contributed by atoms with E-state index in [1.165, 1.54) is 11.3 Å². The van der Waals surface area contributed by atoms with Crippen molar-refractivity contribution in [3.05, 3.63) is 45.7 Å². The predicted octanol–water partition coefficient (Wildman–Crippen LogP) is 1.79. The number of fused-ring (bicyclic) bond motifs is 1. The van der Waals surface area contributed by atoms with Crippen molar-refractivity contribution in [1.29, 1.82) is 0 Å². The van der Waals surface area contributed by atoms with Gasteiger partial charge in [-0.25, -0.2) is 9.97 Å². The number of anilines is 1. The van der Waals surface area contributed by atoms with Crippen LogP contribution >= 0.6 is 11.3 Å². The predicted molar refractivity (Wildman–Crippen MR) is 129 cm³/mol. The number of pyridine rings is 2. The van der Waals surface area contributed by atoms with Crippen molar-refractivity contribution in [2.75, 3.05) is 31.6 Å². The fourth-order valence-corrected chi connectivity index (χ4v) is 4.76. The third-order valence-corrected chi connectivity index (χ3v) is 6.22. The molecule has 34 heavy (non-hydrogen) atoms. The Morgan fingerprint density at radius 2 is 2.09 bits per heavy atom. The Kier molecular flexibility index (Phi) is 6.78. The zero-order valence-electron chi connectivity index (χ0n) is 19.5. The highest BCUT2D eigenvalue weighted by Gasteiger charge is 2.37. The average molecular weight is 486 g/mol. The largest absolute Gasteiger partial charge is 0.459 e. The zero-order chi connectivity index (χ0) is 24.5. The van der Waals surface area contributed by atoms with Crippen molar-refractivity contribution in [2.24, 2.45) is 0 Å². The van der Waals surface area contributed by atoms with Gasteiger partial charge in [0.05, 0.1) is 24.1 Å². The summed E-state index contributed by atoms with van der Waals surface area (Å²) in [4.78, 5) is 48.3. The molecule has 0 saturated carbocycles. The Bertz CT molecular complexity index is 1250. The lowest BCUT2D eigenvalue weighted by atomic mass is 10.1. The zero-order valence-corrected chi connectivity index (χ0v) is 20.3. The molecule has 0 spiro atoms. The number of esters is 1. The van der Waals surface area contributed by atoms with Crippen molar-refractivity contribution in [3.8, 4) is 5.13 Å². The molecule has 1 fully saturated rings. The van der Waals surface area contributed by atoms with Crippen molar-refractivity contribution < 1.29 is 19.1 Å². The normalized spacial score (nSPS) is 18.4. The first-order valence-corrected chi connectivity index (χ1v) is 11.7. The summed E-state index contributed by atoms with van der Waals surface area (Å²) in [6, 6.07) is 3.08. The average Bonchev–Trinajstić information content (AvgIpc) is 3.46. The molecule has 1 aliphatic heterocycles. The van der Waals surface area contributed by atoms with Crippen LogP contribution in [0.3, 0.4) is 0 Å². The van der Waals surface area contributed by atoms with Crippen LogP contribution in [0.5, 0.6) is 0 Å². The maximum absolute atomic E-state index is 13.2. The van der Waals surface area contributed by atoms with E-state index in [1.54, 1.807) is 36.2 Å². The van der Waals surface area contributed by atoms with Crippen LogP contribution in [0, 0.1) is 0 Å². The Morgan fingerprint density at radius 3 is 2.74 bits per heavy atom. The minimum Gasteiger partial charge on any atom is -0.459 e. The van der Waals surface area contributed by atoms with E-state index in [-0.39, 0.29) is 35.7 Å². The number of rotatable bonds is 7. The summed E-state index contributed by atoms with van der Waals surface area (Å²) in [6.45, 7) is 6.23. The standard InChI is InChI=1S/C23H27N5O5S/c1-23(2,3)33-18(30)10-26-16-11-27(12-17(16)32-4)21-15(13-29)19(31)14-6-5-7-24-20(14)28(21)22-25-8-9-34-22/h5-9,13,16-17,26H,10-12H2,1-4H3/t16-,17-/m0/s1. The number of nitrogens with zero attached hydrogens (tertiary/aromatic N) is 4. The molecule has 1 N–H and O–H groups in total. The molecular formula is C23H27N5O5S. The molecule has 0 amide bonds. The maximum Gasteiger partial charge on any atom is 0.320 e. The van der Waals surface area contributed by atoms with Gasteiger partial charge in [-0.2, -0.15) is 0 Å².